The molecule has 0 aliphatic rings. The molecule has 0 atom stereocenters. The lowest BCUT2D eigenvalue weighted by Crippen LogP contribution is -2.18. The third-order valence-electron chi connectivity index (χ3n) is 5.58. The number of para-hydroxylation sites is 2. The Morgan fingerprint density at radius 2 is 1.81 bits per heavy atom. The van der Waals surface area contributed by atoms with Gasteiger partial charge in [-0.3, -0.25) is 14.9 Å². The van der Waals surface area contributed by atoms with Crippen LogP contribution in [0.15, 0.2) is 76.8 Å². The van der Waals surface area contributed by atoms with Crippen LogP contribution in [0.4, 0.5) is 11.4 Å². The van der Waals surface area contributed by atoms with Crippen molar-refractivity contribution in [2.24, 2.45) is 0 Å². The Hall–Kier alpha value is -3.70. The monoisotopic (exact) mass is 524 g/mol. The number of nitro groups is 1. The topological polar surface area (TPSA) is 124 Å². The van der Waals surface area contributed by atoms with Crippen LogP contribution >= 0.6 is 11.8 Å². The van der Waals surface area contributed by atoms with E-state index in [1.54, 1.807) is 31.2 Å². The highest BCUT2D eigenvalue weighted by Gasteiger charge is 2.28. The fraction of sp³-hybridized carbons (Fsp3) is 0.200. The number of hydrogen-bond acceptors (Lipinski definition) is 7. The molecule has 0 bridgehead atoms. The van der Waals surface area contributed by atoms with Crippen LogP contribution in [-0.2, 0) is 14.8 Å². The van der Waals surface area contributed by atoms with E-state index in [0.29, 0.717) is 28.2 Å². The number of carbonyl (C=O) groups excluding carboxylic acids is 1. The van der Waals surface area contributed by atoms with Gasteiger partial charge >= 0.3 is 0 Å². The quantitative estimate of drug-likeness (QED) is 0.187. The van der Waals surface area contributed by atoms with Crippen molar-refractivity contribution in [3.8, 4) is 0 Å². The Morgan fingerprint density at radius 1 is 1.11 bits per heavy atom. The minimum Gasteiger partial charge on any atom is -0.325 e. The molecule has 0 aliphatic carbocycles. The summed E-state index contributed by atoms with van der Waals surface area (Å²) in [6.07, 6.45) is 0. The van der Waals surface area contributed by atoms with Crippen molar-refractivity contribution in [3.63, 3.8) is 0 Å². The smallest absolute Gasteiger partial charge is 0.270 e. The molecule has 36 heavy (non-hydrogen) atoms. The molecular weight excluding hydrogens is 500 g/mol. The summed E-state index contributed by atoms with van der Waals surface area (Å²) in [6, 6.07) is 17.9. The van der Waals surface area contributed by atoms with Gasteiger partial charge in [0.05, 0.1) is 26.6 Å². The maximum atomic E-state index is 13.7. The highest BCUT2D eigenvalue weighted by Crippen LogP contribution is 2.31. The van der Waals surface area contributed by atoms with Crippen LogP contribution in [0.1, 0.15) is 30.9 Å². The van der Waals surface area contributed by atoms with E-state index in [1.165, 1.54) is 12.1 Å². The molecule has 0 aliphatic heterocycles. The van der Waals surface area contributed by atoms with E-state index in [9.17, 15) is 23.3 Å². The first-order valence-corrected chi connectivity index (χ1v) is 13.5. The van der Waals surface area contributed by atoms with Crippen molar-refractivity contribution in [1.29, 1.82) is 0 Å². The Morgan fingerprint density at radius 3 is 2.47 bits per heavy atom. The number of benzene rings is 3. The van der Waals surface area contributed by atoms with E-state index in [4.69, 9.17) is 0 Å². The lowest BCUT2D eigenvalue weighted by molar-refractivity contribution is -0.385. The zero-order valence-corrected chi connectivity index (χ0v) is 21.5. The standard InChI is InChI=1S/C25H24N4O5S2/c1-16(2)18-9-11-19(12-10-18)26-24(30)15-35-25-27-21-6-4-5-7-22(21)28(25)36(33,34)23-14-20(29(31)32)13-8-17(23)3/h4-14,16H,15H2,1-3H3,(H,26,30). The van der Waals surface area contributed by atoms with Gasteiger partial charge in [0, 0.05) is 17.8 Å². The molecule has 9 nitrogen and oxygen atoms in total. The summed E-state index contributed by atoms with van der Waals surface area (Å²) in [6.45, 7) is 5.74. The Balaban J connectivity index is 1.65. The van der Waals surface area contributed by atoms with Gasteiger partial charge in [0.2, 0.25) is 5.91 Å². The SMILES string of the molecule is Cc1ccc([N+](=O)[O-])cc1S(=O)(=O)n1c(SCC(=O)Nc2ccc(C(C)C)cc2)nc2ccccc21. The van der Waals surface area contributed by atoms with E-state index < -0.39 is 14.9 Å². The molecule has 11 heteroatoms. The van der Waals surface area contributed by atoms with Gasteiger partial charge < -0.3 is 5.32 Å². The van der Waals surface area contributed by atoms with Gasteiger partial charge in [0.1, 0.15) is 0 Å². The van der Waals surface area contributed by atoms with Gasteiger partial charge in [-0.2, -0.15) is 0 Å². The minimum absolute atomic E-state index is 0.0846. The summed E-state index contributed by atoms with van der Waals surface area (Å²) in [5.41, 5.74) is 2.56. The van der Waals surface area contributed by atoms with Gasteiger partial charge in [-0.05, 0) is 48.2 Å². The number of nitrogens with one attached hydrogen (secondary N) is 1. The van der Waals surface area contributed by atoms with Gasteiger partial charge in [0.15, 0.2) is 5.16 Å². The molecule has 1 amide bonds. The predicted molar refractivity (Wildman–Crippen MR) is 140 cm³/mol. The zero-order valence-electron chi connectivity index (χ0n) is 19.8. The van der Waals surface area contributed by atoms with Crippen LogP contribution in [-0.4, -0.2) is 34.0 Å². The van der Waals surface area contributed by atoms with E-state index >= 15 is 0 Å². The molecular formula is C25H24N4O5S2. The number of hydrogen-bond donors (Lipinski definition) is 1. The summed E-state index contributed by atoms with van der Waals surface area (Å²) >= 11 is 0.973. The summed E-state index contributed by atoms with van der Waals surface area (Å²) in [5, 5.41) is 14.2. The van der Waals surface area contributed by atoms with Crippen LogP contribution in [0.2, 0.25) is 0 Å². The molecule has 1 N–H and O–H groups in total. The lowest BCUT2D eigenvalue weighted by Gasteiger charge is -2.12. The van der Waals surface area contributed by atoms with Crippen LogP contribution in [0.3, 0.4) is 0 Å². The third-order valence-corrected chi connectivity index (χ3v) is 8.48. The van der Waals surface area contributed by atoms with E-state index in [-0.39, 0.29) is 27.4 Å². The average Bonchev–Trinajstić information content (AvgIpc) is 3.22. The van der Waals surface area contributed by atoms with Crippen LogP contribution in [0, 0.1) is 17.0 Å². The number of rotatable bonds is 8. The van der Waals surface area contributed by atoms with Gasteiger partial charge in [-0.1, -0.05) is 55.9 Å². The molecule has 1 heterocycles. The normalized spacial score (nSPS) is 11.7. The average molecular weight is 525 g/mol. The highest BCUT2D eigenvalue weighted by molar-refractivity contribution is 8.00. The molecule has 4 aromatic rings. The zero-order chi connectivity index (χ0) is 26.0. The molecule has 3 aromatic carbocycles. The molecule has 1 aromatic heterocycles. The van der Waals surface area contributed by atoms with Crippen LogP contribution in [0.5, 0.6) is 0 Å². The number of anilines is 1. The number of nitro benzene ring substituents is 1. The molecule has 0 radical (unpaired) electrons. The van der Waals surface area contributed by atoms with Gasteiger partial charge in [-0.15, -0.1) is 0 Å². The van der Waals surface area contributed by atoms with E-state index in [2.05, 4.69) is 24.1 Å². The predicted octanol–water partition coefficient (Wildman–Crippen LogP) is 5.34. The number of amides is 1. The minimum atomic E-state index is -4.26. The van der Waals surface area contributed by atoms with Crippen molar-refractivity contribution in [2.45, 2.75) is 36.7 Å². The van der Waals surface area contributed by atoms with Gasteiger partial charge in [-0.25, -0.2) is 17.4 Å². The first-order valence-electron chi connectivity index (χ1n) is 11.1. The van der Waals surface area contributed by atoms with Crippen molar-refractivity contribution < 1.29 is 18.1 Å². The largest absolute Gasteiger partial charge is 0.325 e. The lowest BCUT2D eigenvalue weighted by atomic mass is 10.0. The summed E-state index contributed by atoms with van der Waals surface area (Å²) in [5.74, 6) is -0.0339. The Kier molecular flexibility index (Phi) is 7.14. The van der Waals surface area contributed by atoms with Crippen LogP contribution < -0.4 is 5.32 Å². The van der Waals surface area contributed by atoms with Gasteiger partial charge in [0.25, 0.3) is 15.7 Å². The number of carbonyl (C=O) groups is 1. The van der Waals surface area contributed by atoms with Crippen molar-refractivity contribution in [2.75, 3.05) is 11.1 Å². The Labute approximate surface area is 212 Å². The number of non-ortho nitro benzene ring substituents is 1. The molecule has 0 spiro atoms. The second-order valence-electron chi connectivity index (χ2n) is 8.47. The van der Waals surface area contributed by atoms with Crippen LogP contribution in [0.25, 0.3) is 11.0 Å². The van der Waals surface area contributed by atoms with Crippen molar-refractivity contribution in [1.82, 2.24) is 8.96 Å². The number of imidazole rings is 1. The highest BCUT2D eigenvalue weighted by atomic mass is 32.2. The number of aryl methyl sites for hydroxylation is 1. The van der Waals surface area contributed by atoms with Crippen molar-refractivity contribution >= 4 is 50.1 Å². The van der Waals surface area contributed by atoms with E-state index in [1.807, 2.05) is 24.3 Å². The molecule has 0 fully saturated rings. The first kappa shape index (κ1) is 25.4. The fourth-order valence-electron chi connectivity index (χ4n) is 3.66. The molecule has 0 saturated heterocycles. The maximum Gasteiger partial charge on any atom is 0.270 e. The maximum absolute atomic E-state index is 13.7. The molecule has 0 unspecified atom stereocenters. The number of thioether (sulfide) groups is 1. The van der Waals surface area contributed by atoms with E-state index in [0.717, 1.165) is 27.4 Å². The number of fused-ring (bicyclic) bond motifs is 1. The number of nitrogens with zero attached hydrogens (tertiary/aromatic N) is 3. The molecule has 0 saturated carbocycles. The second kappa shape index (κ2) is 10.1. The first-order chi connectivity index (χ1) is 17.1. The number of aromatic nitrogens is 2. The summed E-state index contributed by atoms with van der Waals surface area (Å²) in [4.78, 5) is 27.5. The fourth-order valence-corrected chi connectivity index (χ4v) is 6.43. The second-order valence-corrected chi connectivity index (χ2v) is 11.2. The molecule has 4 rings (SSSR count). The summed E-state index contributed by atoms with van der Waals surface area (Å²) in [7, 11) is -4.26. The Bertz CT molecular complexity index is 1560. The van der Waals surface area contributed by atoms with Crippen molar-refractivity contribution in [3.05, 3.63) is 88.0 Å². The molecule has 186 valence electrons. The summed E-state index contributed by atoms with van der Waals surface area (Å²) < 4.78 is 28.5. The third kappa shape index (κ3) is 5.12.